The minimum atomic E-state index is -0.559. The van der Waals surface area contributed by atoms with Crippen molar-refractivity contribution >= 4 is 11.7 Å². The van der Waals surface area contributed by atoms with Crippen LogP contribution in [-0.2, 0) is 6.54 Å². The number of hydrogen-bond acceptors (Lipinski definition) is 5. The van der Waals surface area contributed by atoms with Gasteiger partial charge in [0.25, 0.3) is 5.91 Å². The zero-order chi connectivity index (χ0) is 14.4. The average Bonchev–Trinajstić information content (AvgIpc) is 2.48. The van der Waals surface area contributed by atoms with Crippen molar-refractivity contribution in [3.63, 3.8) is 0 Å². The first kappa shape index (κ1) is 13.9. The van der Waals surface area contributed by atoms with E-state index in [0.29, 0.717) is 18.1 Å². The van der Waals surface area contributed by atoms with Crippen molar-refractivity contribution in [1.82, 2.24) is 20.5 Å². The Hall–Kier alpha value is -2.57. The van der Waals surface area contributed by atoms with Gasteiger partial charge in [-0.15, -0.1) is 0 Å². The number of aromatic nitrogens is 3. The minimum absolute atomic E-state index is 0.163. The molecule has 1 amide bonds. The number of anilines is 1. The SMILES string of the molecule is CCNc1ncc(F)cc1C(=O)NCc1cccnn1. The van der Waals surface area contributed by atoms with Gasteiger partial charge in [-0.3, -0.25) is 4.79 Å². The highest BCUT2D eigenvalue weighted by Gasteiger charge is 2.13. The number of carbonyl (C=O) groups excluding carboxylic acids is 1. The highest BCUT2D eigenvalue weighted by molar-refractivity contribution is 5.98. The van der Waals surface area contributed by atoms with Crippen molar-refractivity contribution in [3.05, 3.63) is 47.7 Å². The van der Waals surface area contributed by atoms with E-state index in [4.69, 9.17) is 0 Å². The zero-order valence-corrected chi connectivity index (χ0v) is 10.9. The predicted molar refractivity (Wildman–Crippen MR) is 71.6 cm³/mol. The third kappa shape index (κ3) is 3.47. The van der Waals surface area contributed by atoms with Gasteiger partial charge in [-0.25, -0.2) is 9.37 Å². The Kier molecular flexibility index (Phi) is 4.54. The van der Waals surface area contributed by atoms with Crippen molar-refractivity contribution in [1.29, 1.82) is 0 Å². The number of nitrogens with zero attached hydrogens (tertiary/aromatic N) is 3. The topological polar surface area (TPSA) is 79.8 Å². The Balaban J connectivity index is 2.10. The van der Waals surface area contributed by atoms with Crippen LogP contribution >= 0.6 is 0 Å². The van der Waals surface area contributed by atoms with E-state index in [0.717, 1.165) is 12.3 Å². The van der Waals surface area contributed by atoms with E-state index in [2.05, 4.69) is 25.8 Å². The molecule has 2 aromatic heterocycles. The van der Waals surface area contributed by atoms with E-state index in [1.807, 2.05) is 6.92 Å². The fraction of sp³-hybridized carbons (Fsp3) is 0.231. The Labute approximate surface area is 115 Å². The highest BCUT2D eigenvalue weighted by atomic mass is 19.1. The molecule has 0 aliphatic heterocycles. The maximum absolute atomic E-state index is 13.2. The molecule has 0 aliphatic rings. The van der Waals surface area contributed by atoms with E-state index >= 15 is 0 Å². The monoisotopic (exact) mass is 275 g/mol. The van der Waals surface area contributed by atoms with Crippen LogP contribution in [0.2, 0.25) is 0 Å². The molecule has 0 atom stereocenters. The largest absolute Gasteiger partial charge is 0.370 e. The summed E-state index contributed by atoms with van der Waals surface area (Å²) in [5.74, 6) is -0.625. The van der Waals surface area contributed by atoms with Crippen LogP contribution in [0.3, 0.4) is 0 Å². The molecule has 104 valence electrons. The average molecular weight is 275 g/mol. The first-order chi connectivity index (χ1) is 9.70. The Morgan fingerprint density at radius 2 is 2.30 bits per heavy atom. The van der Waals surface area contributed by atoms with Crippen LogP contribution in [0, 0.1) is 5.82 Å². The second kappa shape index (κ2) is 6.55. The van der Waals surface area contributed by atoms with Gasteiger partial charge in [-0.2, -0.15) is 10.2 Å². The van der Waals surface area contributed by atoms with E-state index in [1.54, 1.807) is 18.3 Å². The number of hydrogen-bond donors (Lipinski definition) is 2. The van der Waals surface area contributed by atoms with Gasteiger partial charge in [-0.05, 0) is 25.1 Å². The highest BCUT2D eigenvalue weighted by Crippen LogP contribution is 2.13. The third-order valence-electron chi connectivity index (χ3n) is 2.50. The Bertz CT molecular complexity index is 591. The molecule has 0 saturated carbocycles. The first-order valence-corrected chi connectivity index (χ1v) is 6.15. The van der Waals surface area contributed by atoms with Gasteiger partial charge in [0.15, 0.2) is 0 Å². The molecule has 2 rings (SSSR count). The minimum Gasteiger partial charge on any atom is -0.370 e. The third-order valence-corrected chi connectivity index (χ3v) is 2.50. The lowest BCUT2D eigenvalue weighted by Crippen LogP contribution is -2.25. The molecule has 0 aliphatic carbocycles. The number of rotatable bonds is 5. The lowest BCUT2D eigenvalue weighted by atomic mass is 10.2. The van der Waals surface area contributed by atoms with E-state index < -0.39 is 11.7 Å². The van der Waals surface area contributed by atoms with Crippen LogP contribution in [-0.4, -0.2) is 27.6 Å². The van der Waals surface area contributed by atoms with Crippen molar-refractivity contribution in [3.8, 4) is 0 Å². The van der Waals surface area contributed by atoms with Crippen LogP contribution in [0.4, 0.5) is 10.2 Å². The second-order valence-corrected chi connectivity index (χ2v) is 3.98. The summed E-state index contributed by atoms with van der Waals surface area (Å²) in [4.78, 5) is 15.9. The molecule has 0 spiro atoms. The summed E-state index contributed by atoms with van der Waals surface area (Å²) in [6.07, 6.45) is 2.61. The fourth-order valence-corrected chi connectivity index (χ4v) is 1.61. The molecule has 0 bridgehead atoms. The molecule has 2 aromatic rings. The first-order valence-electron chi connectivity index (χ1n) is 6.15. The summed E-state index contributed by atoms with van der Waals surface area (Å²) in [6, 6.07) is 4.61. The quantitative estimate of drug-likeness (QED) is 0.861. The molecule has 2 N–H and O–H groups in total. The van der Waals surface area contributed by atoms with Gasteiger partial charge in [0.1, 0.15) is 11.6 Å². The van der Waals surface area contributed by atoms with Crippen molar-refractivity contribution in [2.24, 2.45) is 0 Å². The summed E-state index contributed by atoms with van der Waals surface area (Å²) < 4.78 is 13.2. The summed E-state index contributed by atoms with van der Waals surface area (Å²) in [7, 11) is 0. The number of carbonyl (C=O) groups is 1. The molecule has 0 fully saturated rings. The lowest BCUT2D eigenvalue weighted by Gasteiger charge is -2.09. The van der Waals surface area contributed by atoms with Crippen molar-refractivity contribution in [2.75, 3.05) is 11.9 Å². The number of nitrogens with one attached hydrogen (secondary N) is 2. The van der Waals surface area contributed by atoms with Crippen molar-refractivity contribution in [2.45, 2.75) is 13.5 Å². The maximum atomic E-state index is 13.2. The van der Waals surface area contributed by atoms with Gasteiger partial charge in [0.2, 0.25) is 0 Å². The molecular weight excluding hydrogens is 261 g/mol. The normalized spacial score (nSPS) is 10.1. The molecule has 6 nitrogen and oxygen atoms in total. The molecule has 20 heavy (non-hydrogen) atoms. The van der Waals surface area contributed by atoms with E-state index in [1.165, 1.54) is 0 Å². The molecule has 0 saturated heterocycles. The van der Waals surface area contributed by atoms with Crippen LogP contribution < -0.4 is 10.6 Å². The molecule has 0 unspecified atom stereocenters. The zero-order valence-electron chi connectivity index (χ0n) is 10.9. The molecule has 0 radical (unpaired) electrons. The van der Waals surface area contributed by atoms with Crippen molar-refractivity contribution < 1.29 is 9.18 Å². The van der Waals surface area contributed by atoms with E-state index in [-0.39, 0.29) is 12.1 Å². The lowest BCUT2D eigenvalue weighted by molar-refractivity contribution is 0.0950. The van der Waals surface area contributed by atoms with Crippen LogP contribution in [0.1, 0.15) is 23.0 Å². The molecular formula is C13H14FN5O. The van der Waals surface area contributed by atoms with Gasteiger partial charge in [0.05, 0.1) is 24.0 Å². The standard InChI is InChI=1S/C13H14FN5O/c1-2-15-12-11(6-9(14)7-16-12)13(20)17-8-10-4-3-5-18-19-10/h3-7H,2,8H2,1H3,(H,15,16)(H,17,20). The van der Waals surface area contributed by atoms with Gasteiger partial charge < -0.3 is 10.6 Å². The predicted octanol–water partition coefficient (Wildman–Crippen LogP) is 1.37. The summed E-state index contributed by atoms with van der Waals surface area (Å²) >= 11 is 0. The van der Waals surface area contributed by atoms with E-state index in [9.17, 15) is 9.18 Å². The van der Waals surface area contributed by atoms with Crippen LogP contribution in [0.15, 0.2) is 30.6 Å². The second-order valence-electron chi connectivity index (χ2n) is 3.98. The van der Waals surface area contributed by atoms with Crippen LogP contribution in [0.5, 0.6) is 0 Å². The smallest absolute Gasteiger partial charge is 0.255 e. The maximum Gasteiger partial charge on any atom is 0.255 e. The van der Waals surface area contributed by atoms with Gasteiger partial charge in [0, 0.05) is 12.7 Å². The molecule has 2 heterocycles. The number of halogens is 1. The summed E-state index contributed by atoms with van der Waals surface area (Å²) in [6.45, 7) is 2.67. The summed E-state index contributed by atoms with van der Waals surface area (Å²) in [5.41, 5.74) is 0.783. The molecule has 7 heteroatoms. The number of pyridine rings is 1. The Morgan fingerprint density at radius 3 is 3.00 bits per heavy atom. The summed E-state index contributed by atoms with van der Waals surface area (Å²) in [5, 5.41) is 13.1. The Morgan fingerprint density at radius 1 is 1.45 bits per heavy atom. The number of amides is 1. The fourth-order valence-electron chi connectivity index (χ4n) is 1.61. The van der Waals surface area contributed by atoms with Gasteiger partial charge in [-0.1, -0.05) is 0 Å². The van der Waals surface area contributed by atoms with Gasteiger partial charge >= 0.3 is 0 Å². The van der Waals surface area contributed by atoms with Crippen LogP contribution in [0.25, 0.3) is 0 Å². The molecule has 0 aromatic carbocycles.